The number of carbonyl (C=O) groups is 1. The SMILES string of the molecule is O=C(O)C=Cc1ccn(S(=O)(=O)c2ccc(-c3cccnc3)cc2)c1. The van der Waals surface area contributed by atoms with Crippen LogP contribution in [0.3, 0.4) is 0 Å². The molecule has 0 bridgehead atoms. The molecule has 0 spiro atoms. The highest BCUT2D eigenvalue weighted by molar-refractivity contribution is 7.90. The zero-order chi connectivity index (χ0) is 17.9. The van der Waals surface area contributed by atoms with Crippen molar-refractivity contribution in [1.29, 1.82) is 0 Å². The summed E-state index contributed by atoms with van der Waals surface area (Å²) in [4.78, 5) is 14.7. The Balaban J connectivity index is 1.89. The minimum atomic E-state index is -3.74. The van der Waals surface area contributed by atoms with E-state index in [4.69, 9.17) is 5.11 Å². The van der Waals surface area contributed by atoms with E-state index in [-0.39, 0.29) is 4.90 Å². The summed E-state index contributed by atoms with van der Waals surface area (Å²) in [6.45, 7) is 0. The molecule has 0 fully saturated rings. The van der Waals surface area contributed by atoms with Gasteiger partial charge in [0.05, 0.1) is 4.90 Å². The van der Waals surface area contributed by atoms with E-state index in [1.807, 2.05) is 12.1 Å². The maximum absolute atomic E-state index is 12.6. The fraction of sp³-hybridized carbons (Fsp3) is 0. The van der Waals surface area contributed by atoms with Crippen LogP contribution in [0.5, 0.6) is 0 Å². The first-order valence-corrected chi connectivity index (χ1v) is 8.76. The number of carboxylic acids is 1. The number of rotatable bonds is 5. The Bertz CT molecular complexity index is 1020. The number of carboxylic acid groups (broad SMARTS) is 1. The molecule has 6 nitrogen and oxygen atoms in total. The van der Waals surface area contributed by atoms with Crippen LogP contribution in [0.4, 0.5) is 0 Å². The van der Waals surface area contributed by atoms with E-state index >= 15 is 0 Å². The normalized spacial score (nSPS) is 11.7. The van der Waals surface area contributed by atoms with Crippen molar-refractivity contribution in [3.8, 4) is 11.1 Å². The molecule has 1 aromatic carbocycles. The van der Waals surface area contributed by atoms with Crippen molar-refractivity contribution >= 4 is 22.1 Å². The van der Waals surface area contributed by atoms with Crippen LogP contribution in [0.2, 0.25) is 0 Å². The lowest BCUT2D eigenvalue weighted by molar-refractivity contribution is -0.131. The van der Waals surface area contributed by atoms with Gasteiger partial charge in [-0.2, -0.15) is 0 Å². The van der Waals surface area contributed by atoms with Gasteiger partial charge in [-0.1, -0.05) is 18.2 Å². The second-order valence-electron chi connectivity index (χ2n) is 5.22. The zero-order valence-corrected chi connectivity index (χ0v) is 13.8. The van der Waals surface area contributed by atoms with Crippen LogP contribution < -0.4 is 0 Å². The van der Waals surface area contributed by atoms with Crippen molar-refractivity contribution in [3.63, 3.8) is 0 Å². The first-order valence-electron chi connectivity index (χ1n) is 7.32. The minimum absolute atomic E-state index is 0.143. The molecule has 1 N–H and O–H groups in total. The fourth-order valence-electron chi connectivity index (χ4n) is 2.28. The van der Waals surface area contributed by atoms with Crippen molar-refractivity contribution < 1.29 is 18.3 Å². The van der Waals surface area contributed by atoms with E-state index < -0.39 is 16.0 Å². The van der Waals surface area contributed by atoms with E-state index in [9.17, 15) is 13.2 Å². The van der Waals surface area contributed by atoms with Crippen LogP contribution in [0, 0.1) is 0 Å². The van der Waals surface area contributed by atoms with Crippen molar-refractivity contribution in [2.75, 3.05) is 0 Å². The summed E-state index contributed by atoms with van der Waals surface area (Å²) in [6, 6.07) is 11.7. The fourth-order valence-corrected chi connectivity index (χ4v) is 3.49. The number of nitrogens with zero attached hydrogens (tertiary/aromatic N) is 2. The monoisotopic (exact) mass is 354 g/mol. The highest BCUT2D eigenvalue weighted by Gasteiger charge is 2.16. The van der Waals surface area contributed by atoms with Crippen molar-refractivity contribution in [2.45, 2.75) is 4.90 Å². The van der Waals surface area contributed by atoms with E-state index in [0.29, 0.717) is 5.56 Å². The molecule has 0 amide bonds. The summed E-state index contributed by atoms with van der Waals surface area (Å²) in [5.74, 6) is -1.10. The minimum Gasteiger partial charge on any atom is -0.478 e. The molecule has 0 atom stereocenters. The standard InChI is InChI=1S/C18H14N2O4S/c21-18(22)8-3-14-9-11-20(13-14)25(23,24)17-6-4-15(5-7-17)16-2-1-10-19-12-16/h1-13H,(H,21,22). The first kappa shape index (κ1) is 16.7. The quantitative estimate of drug-likeness (QED) is 0.712. The largest absolute Gasteiger partial charge is 0.478 e. The molecule has 2 heterocycles. The highest BCUT2D eigenvalue weighted by atomic mass is 32.2. The summed E-state index contributed by atoms with van der Waals surface area (Å²) < 4.78 is 26.3. The number of pyridine rings is 1. The van der Waals surface area contributed by atoms with Crippen LogP contribution in [-0.2, 0) is 14.8 Å². The molecule has 7 heteroatoms. The molecule has 0 aliphatic rings. The molecule has 0 radical (unpaired) electrons. The third-order valence-corrected chi connectivity index (χ3v) is 5.18. The Kier molecular flexibility index (Phi) is 4.49. The molecule has 2 aromatic heterocycles. The Labute approximate surface area is 144 Å². The Morgan fingerprint density at radius 3 is 2.48 bits per heavy atom. The lowest BCUT2D eigenvalue weighted by Crippen LogP contribution is -2.10. The Morgan fingerprint density at radius 2 is 1.84 bits per heavy atom. The van der Waals surface area contributed by atoms with Crippen molar-refractivity contribution in [1.82, 2.24) is 8.96 Å². The molecular formula is C18H14N2O4S. The molecule has 0 saturated heterocycles. The predicted octanol–water partition coefficient (Wildman–Crippen LogP) is 2.88. The Morgan fingerprint density at radius 1 is 1.08 bits per heavy atom. The van der Waals surface area contributed by atoms with E-state index in [2.05, 4.69) is 4.98 Å². The van der Waals surface area contributed by atoms with Gasteiger partial charge in [0.25, 0.3) is 10.0 Å². The first-order chi connectivity index (χ1) is 12.0. The van der Waals surface area contributed by atoms with Crippen LogP contribution in [0.1, 0.15) is 5.56 Å². The topological polar surface area (TPSA) is 89.3 Å². The molecule has 0 aliphatic heterocycles. The summed E-state index contributed by atoms with van der Waals surface area (Å²) in [6.07, 6.45) is 8.41. The van der Waals surface area contributed by atoms with Crippen molar-refractivity contribution in [3.05, 3.63) is 78.9 Å². The van der Waals surface area contributed by atoms with Gasteiger partial charge in [0, 0.05) is 30.9 Å². The molecule has 0 aliphatic carbocycles. The lowest BCUT2D eigenvalue weighted by Gasteiger charge is -2.07. The van der Waals surface area contributed by atoms with Gasteiger partial charge in [-0.05, 0) is 47.0 Å². The summed E-state index contributed by atoms with van der Waals surface area (Å²) in [5, 5.41) is 8.62. The highest BCUT2D eigenvalue weighted by Crippen LogP contribution is 2.22. The van der Waals surface area contributed by atoms with Crippen molar-refractivity contribution in [2.24, 2.45) is 0 Å². The number of aromatic nitrogens is 2. The maximum Gasteiger partial charge on any atom is 0.328 e. The number of hydrogen-bond donors (Lipinski definition) is 1. The maximum atomic E-state index is 12.6. The number of hydrogen-bond acceptors (Lipinski definition) is 4. The van der Waals surface area contributed by atoms with Gasteiger partial charge in [0.15, 0.2) is 0 Å². The molecule has 3 aromatic rings. The number of aliphatic carboxylic acids is 1. The zero-order valence-electron chi connectivity index (χ0n) is 13.0. The predicted molar refractivity (Wildman–Crippen MR) is 93.4 cm³/mol. The smallest absolute Gasteiger partial charge is 0.328 e. The summed E-state index contributed by atoms with van der Waals surface area (Å²) in [5.41, 5.74) is 2.25. The second kappa shape index (κ2) is 6.74. The van der Waals surface area contributed by atoms with Crippen LogP contribution >= 0.6 is 0 Å². The van der Waals surface area contributed by atoms with E-state index in [1.54, 1.807) is 24.5 Å². The molecule has 126 valence electrons. The molecular weight excluding hydrogens is 340 g/mol. The molecule has 0 unspecified atom stereocenters. The molecule has 0 saturated carbocycles. The van der Waals surface area contributed by atoms with Gasteiger partial charge < -0.3 is 5.11 Å². The molecule has 3 rings (SSSR count). The average molecular weight is 354 g/mol. The molecule has 25 heavy (non-hydrogen) atoms. The van der Waals surface area contributed by atoms with Gasteiger partial charge >= 0.3 is 5.97 Å². The summed E-state index contributed by atoms with van der Waals surface area (Å²) in [7, 11) is -3.74. The Hall–Kier alpha value is -3.19. The van der Waals surface area contributed by atoms with Gasteiger partial charge in [-0.15, -0.1) is 0 Å². The number of benzene rings is 1. The van der Waals surface area contributed by atoms with Gasteiger partial charge in [-0.3, -0.25) is 4.98 Å². The average Bonchev–Trinajstić information content (AvgIpc) is 3.11. The van der Waals surface area contributed by atoms with Gasteiger partial charge in [0.1, 0.15) is 0 Å². The van der Waals surface area contributed by atoms with Crippen LogP contribution in [-0.4, -0.2) is 28.5 Å². The lowest BCUT2D eigenvalue weighted by atomic mass is 10.1. The van der Waals surface area contributed by atoms with E-state index in [1.165, 1.54) is 36.7 Å². The van der Waals surface area contributed by atoms with E-state index in [0.717, 1.165) is 21.2 Å². The summed E-state index contributed by atoms with van der Waals surface area (Å²) >= 11 is 0. The third kappa shape index (κ3) is 3.67. The van der Waals surface area contributed by atoms with Crippen LogP contribution in [0.15, 0.2) is 78.2 Å². The van der Waals surface area contributed by atoms with Gasteiger partial charge in [-0.25, -0.2) is 17.2 Å². The van der Waals surface area contributed by atoms with Crippen LogP contribution in [0.25, 0.3) is 17.2 Å². The second-order valence-corrected chi connectivity index (χ2v) is 7.06. The third-order valence-electron chi connectivity index (χ3n) is 3.53. The van der Waals surface area contributed by atoms with Gasteiger partial charge in [0.2, 0.25) is 0 Å².